The van der Waals surface area contributed by atoms with Gasteiger partial charge in [-0.25, -0.2) is 0 Å². The highest BCUT2D eigenvalue weighted by Gasteiger charge is 2.18. The van der Waals surface area contributed by atoms with Crippen molar-refractivity contribution in [3.63, 3.8) is 0 Å². The Hall–Kier alpha value is -1.75. The number of methoxy groups -OCH3 is 1. The van der Waals surface area contributed by atoms with E-state index in [-0.39, 0.29) is 24.3 Å². The smallest absolute Gasteiger partial charge is 0.233 e. The summed E-state index contributed by atoms with van der Waals surface area (Å²) in [6.45, 7) is 1.84. The summed E-state index contributed by atoms with van der Waals surface area (Å²) in [4.78, 5) is 24.0. The Bertz CT molecular complexity index is 583. The van der Waals surface area contributed by atoms with E-state index in [1.165, 1.54) is 13.5 Å². The third-order valence-corrected chi connectivity index (χ3v) is 4.45. The summed E-state index contributed by atoms with van der Waals surface area (Å²) in [7, 11) is 1.51. The van der Waals surface area contributed by atoms with Crippen molar-refractivity contribution in [2.75, 3.05) is 12.4 Å². The highest BCUT2D eigenvalue weighted by molar-refractivity contribution is 6.31. The highest BCUT2D eigenvalue weighted by atomic mass is 35.5. The molecule has 1 saturated carbocycles. The van der Waals surface area contributed by atoms with E-state index in [0.717, 1.165) is 31.2 Å². The van der Waals surface area contributed by atoms with Gasteiger partial charge in [0, 0.05) is 17.1 Å². The lowest BCUT2D eigenvalue weighted by atomic mass is 9.95. The Morgan fingerprint density at radius 2 is 1.91 bits per heavy atom. The standard InChI is InChI=1S/C17H23ClN2O3/c1-11-8-14(15(23-2)9-13(11)18)20-17(22)10-16(21)19-12-6-4-3-5-7-12/h8-9,12H,3-7,10H2,1-2H3,(H,19,21)(H,20,22). The number of halogens is 1. The fourth-order valence-corrected chi connectivity index (χ4v) is 2.95. The van der Waals surface area contributed by atoms with E-state index in [1.807, 2.05) is 6.92 Å². The van der Waals surface area contributed by atoms with Gasteiger partial charge in [0.25, 0.3) is 0 Å². The van der Waals surface area contributed by atoms with Gasteiger partial charge < -0.3 is 15.4 Å². The maximum Gasteiger partial charge on any atom is 0.233 e. The van der Waals surface area contributed by atoms with Crippen molar-refractivity contribution in [2.24, 2.45) is 0 Å². The molecule has 0 saturated heterocycles. The molecule has 2 amide bonds. The maximum absolute atomic E-state index is 12.1. The van der Waals surface area contributed by atoms with Gasteiger partial charge in [0.2, 0.25) is 11.8 Å². The second kappa shape index (κ2) is 8.20. The number of anilines is 1. The summed E-state index contributed by atoms with van der Waals surface area (Å²) in [6, 6.07) is 3.59. The number of hydrogen-bond donors (Lipinski definition) is 2. The normalized spacial score (nSPS) is 15.1. The van der Waals surface area contributed by atoms with Gasteiger partial charge in [-0.3, -0.25) is 9.59 Å². The number of aryl methyl sites for hydroxylation is 1. The number of rotatable bonds is 5. The van der Waals surface area contributed by atoms with Crippen LogP contribution in [0.25, 0.3) is 0 Å². The fourth-order valence-electron chi connectivity index (χ4n) is 2.80. The van der Waals surface area contributed by atoms with Crippen LogP contribution in [-0.2, 0) is 9.59 Å². The molecule has 1 aliphatic rings. The summed E-state index contributed by atoms with van der Waals surface area (Å²) >= 11 is 6.04. The molecule has 0 radical (unpaired) electrons. The van der Waals surface area contributed by atoms with Crippen molar-refractivity contribution >= 4 is 29.1 Å². The predicted octanol–water partition coefficient (Wildman–Crippen LogP) is 3.43. The molecule has 0 spiro atoms. The summed E-state index contributed by atoms with van der Waals surface area (Å²) < 4.78 is 5.21. The second-order valence-electron chi connectivity index (χ2n) is 5.93. The van der Waals surface area contributed by atoms with Crippen molar-refractivity contribution in [2.45, 2.75) is 51.5 Å². The minimum atomic E-state index is -0.363. The van der Waals surface area contributed by atoms with Crippen LogP contribution in [0.4, 0.5) is 5.69 Å². The van der Waals surface area contributed by atoms with Gasteiger partial charge in [-0.05, 0) is 31.4 Å². The van der Waals surface area contributed by atoms with Crippen LogP contribution >= 0.6 is 11.6 Å². The summed E-state index contributed by atoms with van der Waals surface area (Å²) in [5.74, 6) is -0.126. The van der Waals surface area contributed by atoms with Crippen LogP contribution in [0.5, 0.6) is 5.75 Å². The van der Waals surface area contributed by atoms with Crippen molar-refractivity contribution in [1.29, 1.82) is 0 Å². The molecule has 1 aromatic carbocycles. The summed E-state index contributed by atoms with van der Waals surface area (Å²) in [5, 5.41) is 6.21. The third kappa shape index (κ3) is 5.13. The zero-order valence-electron chi connectivity index (χ0n) is 13.6. The zero-order valence-corrected chi connectivity index (χ0v) is 14.3. The number of ether oxygens (including phenoxy) is 1. The molecular weight excluding hydrogens is 316 g/mol. The van der Waals surface area contributed by atoms with E-state index < -0.39 is 0 Å². The molecule has 2 N–H and O–H groups in total. The molecule has 5 nitrogen and oxygen atoms in total. The van der Waals surface area contributed by atoms with E-state index in [1.54, 1.807) is 12.1 Å². The largest absolute Gasteiger partial charge is 0.495 e. The maximum atomic E-state index is 12.1. The molecule has 0 aliphatic heterocycles. The molecule has 1 aromatic rings. The Kier molecular flexibility index (Phi) is 6.28. The number of carbonyl (C=O) groups excluding carboxylic acids is 2. The molecule has 1 fully saturated rings. The van der Waals surface area contributed by atoms with E-state index in [2.05, 4.69) is 10.6 Å². The first kappa shape index (κ1) is 17.6. The van der Waals surface area contributed by atoms with Crippen LogP contribution in [0, 0.1) is 6.92 Å². The van der Waals surface area contributed by atoms with Crippen molar-refractivity contribution in [1.82, 2.24) is 5.32 Å². The van der Waals surface area contributed by atoms with Gasteiger partial charge in [0.1, 0.15) is 12.2 Å². The average molecular weight is 339 g/mol. The van der Waals surface area contributed by atoms with Crippen LogP contribution in [0.1, 0.15) is 44.1 Å². The number of benzene rings is 1. The molecule has 2 rings (SSSR count). The van der Waals surface area contributed by atoms with Crippen LogP contribution in [0.2, 0.25) is 5.02 Å². The van der Waals surface area contributed by atoms with Crippen molar-refractivity contribution in [3.05, 3.63) is 22.7 Å². The van der Waals surface area contributed by atoms with Crippen molar-refractivity contribution in [3.8, 4) is 5.75 Å². The third-order valence-electron chi connectivity index (χ3n) is 4.05. The number of amides is 2. The quantitative estimate of drug-likeness (QED) is 0.808. The van der Waals surface area contributed by atoms with Gasteiger partial charge in [-0.15, -0.1) is 0 Å². The molecule has 23 heavy (non-hydrogen) atoms. The molecule has 6 heteroatoms. The Morgan fingerprint density at radius 3 is 2.57 bits per heavy atom. The Balaban J connectivity index is 1.91. The van der Waals surface area contributed by atoms with Gasteiger partial charge in [-0.1, -0.05) is 30.9 Å². The van der Waals surface area contributed by atoms with Gasteiger partial charge in [0.05, 0.1) is 12.8 Å². The first-order chi connectivity index (χ1) is 11.0. The van der Waals surface area contributed by atoms with Crippen LogP contribution < -0.4 is 15.4 Å². The lowest BCUT2D eigenvalue weighted by Gasteiger charge is -2.22. The number of carbonyl (C=O) groups is 2. The van der Waals surface area contributed by atoms with Gasteiger partial charge in [-0.2, -0.15) is 0 Å². The van der Waals surface area contributed by atoms with Gasteiger partial charge >= 0.3 is 0 Å². The van der Waals surface area contributed by atoms with Crippen LogP contribution in [-0.4, -0.2) is 25.0 Å². The number of nitrogens with one attached hydrogen (secondary N) is 2. The molecule has 0 bridgehead atoms. The fraction of sp³-hybridized carbons (Fsp3) is 0.529. The summed E-state index contributed by atoms with van der Waals surface area (Å²) in [6.07, 6.45) is 5.30. The SMILES string of the molecule is COc1cc(Cl)c(C)cc1NC(=O)CC(=O)NC1CCCCC1. The monoisotopic (exact) mass is 338 g/mol. The van der Waals surface area contributed by atoms with Gasteiger partial charge in [0.15, 0.2) is 0 Å². The van der Waals surface area contributed by atoms with Crippen LogP contribution in [0.3, 0.4) is 0 Å². The summed E-state index contributed by atoms with van der Waals surface area (Å²) in [5.41, 5.74) is 1.35. The zero-order chi connectivity index (χ0) is 16.8. The molecule has 0 aromatic heterocycles. The molecule has 0 atom stereocenters. The first-order valence-corrected chi connectivity index (χ1v) is 8.30. The number of hydrogen-bond acceptors (Lipinski definition) is 3. The van der Waals surface area contributed by atoms with Crippen molar-refractivity contribution < 1.29 is 14.3 Å². The second-order valence-corrected chi connectivity index (χ2v) is 6.34. The molecular formula is C17H23ClN2O3. The lowest BCUT2D eigenvalue weighted by Crippen LogP contribution is -2.37. The van der Waals surface area contributed by atoms with Crippen LogP contribution in [0.15, 0.2) is 12.1 Å². The first-order valence-electron chi connectivity index (χ1n) is 7.93. The van der Waals surface area contributed by atoms with E-state index >= 15 is 0 Å². The molecule has 0 unspecified atom stereocenters. The van der Waals surface area contributed by atoms with E-state index in [0.29, 0.717) is 16.5 Å². The minimum Gasteiger partial charge on any atom is -0.495 e. The lowest BCUT2D eigenvalue weighted by molar-refractivity contribution is -0.127. The Labute approximate surface area is 141 Å². The molecule has 0 heterocycles. The predicted molar refractivity (Wildman–Crippen MR) is 91.0 cm³/mol. The molecule has 1 aliphatic carbocycles. The topological polar surface area (TPSA) is 67.4 Å². The average Bonchev–Trinajstić information content (AvgIpc) is 2.51. The van der Waals surface area contributed by atoms with E-state index in [9.17, 15) is 9.59 Å². The minimum absolute atomic E-state index is 0.193. The molecule has 126 valence electrons. The highest BCUT2D eigenvalue weighted by Crippen LogP contribution is 2.31. The van der Waals surface area contributed by atoms with E-state index in [4.69, 9.17) is 16.3 Å². The Morgan fingerprint density at radius 1 is 1.22 bits per heavy atom.